The highest BCUT2D eigenvalue weighted by Gasteiger charge is 2.16. The van der Waals surface area contributed by atoms with Crippen molar-refractivity contribution in [2.45, 2.75) is 19.8 Å². The summed E-state index contributed by atoms with van der Waals surface area (Å²) in [6, 6.07) is 7.61. The number of benzene rings is 1. The molecule has 4 heteroatoms. The van der Waals surface area contributed by atoms with E-state index in [0.29, 0.717) is 18.0 Å². The van der Waals surface area contributed by atoms with E-state index in [-0.39, 0.29) is 5.91 Å². The van der Waals surface area contributed by atoms with E-state index >= 15 is 0 Å². The number of amides is 1. The summed E-state index contributed by atoms with van der Waals surface area (Å²) < 4.78 is 5.29. The Bertz CT molecular complexity index is 397. The van der Waals surface area contributed by atoms with Crippen molar-refractivity contribution in [3.63, 3.8) is 0 Å². The highest BCUT2D eigenvalue weighted by Crippen LogP contribution is 2.12. The zero-order chi connectivity index (χ0) is 13.5. The Labute approximate surface area is 114 Å². The summed E-state index contributed by atoms with van der Waals surface area (Å²) in [6.45, 7) is 5.36. The van der Waals surface area contributed by atoms with Crippen LogP contribution in [0.3, 0.4) is 0 Å². The Morgan fingerprint density at radius 1 is 1.37 bits per heavy atom. The molecule has 2 N–H and O–H groups in total. The van der Waals surface area contributed by atoms with Gasteiger partial charge < -0.3 is 15.4 Å². The number of rotatable bonds is 6. The first-order valence-electron chi connectivity index (χ1n) is 6.99. The molecule has 0 saturated carbocycles. The smallest absolute Gasteiger partial charge is 0.251 e. The van der Waals surface area contributed by atoms with Crippen LogP contribution in [-0.2, 0) is 4.74 Å². The zero-order valence-corrected chi connectivity index (χ0v) is 11.4. The van der Waals surface area contributed by atoms with Gasteiger partial charge in [0, 0.05) is 36.9 Å². The van der Waals surface area contributed by atoms with Gasteiger partial charge in [-0.1, -0.05) is 6.92 Å². The first-order chi connectivity index (χ1) is 9.29. The Hall–Kier alpha value is -1.55. The van der Waals surface area contributed by atoms with E-state index in [4.69, 9.17) is 4.74 Å². The first kappa shape index (κ1) is 13.9. The largest absolute Gasteiger partial charge is 0.385 e. The number of carbonyl (C=O) groups is 1. The van der Waals surface area contributed by atoms with Gasteiger partial charge in [-0.2, -0.15) is 0 Å². The average Bonchev–Trinajstić information content (AvgIpc) is 2.96. The molecular formula is C15H22N2O2. The van der Waals surface area contributed by atoms with Gasteiger partial charge in [-0.3, -0.25) is 4.79 Å². The molecule has 1 aliphatic rings. The van der Waals surface area contributed by atoms with Crippen molar-refractivity contribution in [1.29, 1.82) is 0 Å². The van der Waals surface area contributed by atoms with Crippen LogP contribution in [0.4, 0.5) is 5.69 Å². The topological polar surface area (TPSA) is 50.4 Å². The highest BCUT2D eigenvalue weighted by molar-refractivity contribution is 5.94. The molecule has 1 fully saturated rings. The summed E-state index contributed by atoms with van der Waals surface area (Å²) >= 11 is 0. The molecule has 104 valence electrons. The first-order valence-corrected chi connectivity index (χ1v) is 6.99. The Morgan fingerprint density at radius 3 is 2.79 bits per heavy atom. The standard InChI is InChI=1S/C15H22N2O2/c1-2-8-16-14-5-3-13(4-6-14)15(18)17-10-12-7-9-19-11-12/h3-6,12,16H,2,7-11H2,1H3,(H,17,18). The molecule has 1 atom stereocenters. The molecule has 0 spiro atoms. The van der Waals surface area contributed by atoms with Crippen LogP contribution in [0.15, 0.2) is 24.3 Å². The maximum atomic E-state index is 12.0. The second-order valence-electron chi connectivity index (χ2n) is 4.94. The Morgan fingerprint density at radius 2 is 2.16 bits per heavy atom. The quantitative estimate of drug-likeness (QED) is 0.827. The number of hydrogen-bond donors (Lipinski definition) is 2. The summed E-state index contributed by atoms with van der Waals surface area (Å²) in [4.78, 5) is 12.0. The fourth-order valence-corrected chi connectivity index (χ4v) is 2.09. The van der Waals surface area contributed by atoms with E-state index in [1.165, 1.54) is 0 Å². The van der Waals surface area contributed by atoms with Gasteiger partial charge >= 0.3 is 0 Å². The monoisotopic (exact) mass is 262 g/mol. The Balaban J connectivity index is 1.81. The summed E-state index contributed by atoms with van der Waals surface area (Å²) in [5, 5.41) is 6.25. The van der Waals surface area contributed by atoms with Crippen molar-refractivity contribution in [3.05, 3.63) is 29.8 Å². The predicted molar refractivity (Wildman–Crippen MR) is 76.5 cm³/mol. The molecular weight excluding hydrogens is 240 g/mol. The van der Waals surface area contributed by atoms with E-state index in [1.54, 1.807) is 0 Å². The van der Waals surface area contributed by atoms with Gasteiger partial charge in [0.05, 0.1) is 6.61 Å². The van der Waals surface area contributed by atoms with Gasteiger partial charge in [-0.05, 0) is 37.1 Å². The molecule has 2 rings (SSSR count). The van der Waals surface area contributed by atoms with Crippen molar-refractivity contribution in [2.24, 2.45) is 5.92 Å². The normalized spacial score (nSPS) is 18.3. The van der Waals surface area contributed by atoms with Crippen LogP contribution < -0.4 is 10.6 Å². The lowest BCUT2D eigenvalue weighted by Crippen LogP contribution is -2.29. The number of nitrogens with one attached hydrogen (secondary N) is 2. The molecule has 1 aromatic carbocycles. The summed E-state index contributed by atoms with van der Waals surface area (Å²) in [7, 11) is 0. The molecule has 0 radical (unpaired) electrons. The van der Waals surface area contributed by atoms with Gasteiger partial charge in [0.1, 0.15) is 0 Å². The van der Waals surface area contributed by atoms with Gasteiger partial charge in [0.15, 0.2) is 0 Å². The SMILES string of the molecule is CCCNc1ccc(C(=O)NCC2CCOC2)cc1. The number of anilines is 1. The van der Waals surface area contributed by atoms with E-state index in [1.807, 2.05) is 24.3 Å². The second-order valence-corrected chi connectivity index (χ2v) is 4.94. The van der Waals surface area contributed by atoms with Crippen molar-refractivity contribution >= 4 is 11.6 Å². The molecule has 1 aromatic rings. The number of ether oxygens (including phenoxy) is 1. The molecule has 1 aliphatic heterocycles. The molecule has 19 heavy (non-hydrogen) atoms. The molecule has 1 saturated heterocycles. The van der Waals surface area contributed by atoms with E-state index in [9.17, 15) is 4.79 Å². The van der Waals surface area contributed by atoms with Crippen LogP contribution in [0.25, 0.3) is 0 Å². The van der Waals surface area contributed by atoms with Crippen LogP contribution >= 0.6 is 0 Å². The minimum absolute atomic E-state index is 0.00561. The van der Waals surface area contributed by atoms with E-state index in [0.717, 1.165) is 38.3 Å². The van der Waals surface area contributed by atoms with Crippen LogP contribution in [0, 0.1) is 5.92 Å². The molecule has 1 unspecified atom stereocenters. The van der Waals surface area contributed by atoms with Crippen LogP contribution in [0.1, 0.15) is 30.1 Å². The van der Waals surface area contributed by atoms with Crippen molar-refractivity contribution in [3.8, 4) is 0 Å². The van der Waals surface area contributed by atoms with Crippen molar-refractivity contribution < 1.29 is 9.53 Å². The van der Waals surface area contributed by atoms with Crippen molar-refractivity contribution in [1.82, 2.24) is 5.32 Å². The third kappa shape index (κ3) is 4.24. The summed E-state index contributed by atoms with van der Waals surface area (Å²) in [5.41, 5.74) is 1.77. The molecule has 4 nitrogen and oxygen atoms in total. The average molecular weight is 262 g/mol. The third-order valence-corrected chi connectivity index (χ3v) is 3.30. The second kappa shape index (κ2) is 7.14. The van der Waals surface area contributed by atoms with Gasteiger partial charge in [-0.25, -0.2) is 0 Å². The lowest BCUT2D eigenvalue weighted by molar-refractivity contribution is 0.0945. The number of hydrogen-bond acceptors (Lipinski definition) is 3. The maximum absolute atomic E-state index is 12.0. The summed E-state index contributed by atoms with van der Waals surface area (Å²) in [5.74, 6) is 0.461. The van der Waals surface area contributed by atoms with Gasteiger partial charge in [0.2, 0.25) is 0 Å². The lowest BCUT2D eigenvalue weighted by Gasteiger charge is -2.10. The fraction of sp³-hybridized carbons (Fsp3) is 0.533. The molecule has 0 aromatic heterocycles. The van der Waals surface area contributed by atoms with E-state index in [2.05, 4.69) is 17.6 Å². The molecule has 1 amide bonds. The third-order valence-electron chi connectivity index (χ3n) is 3.30. The maximum Gasteiger partial charge on any atom is 0.251 e. The lowest BCUT2D eigenvalue weighted by atomic mass is 10.1. The van der Waals surface area contributed by atoms with Crippen LogP contribution in [0.5, 0.6) is 0 Å². The highest BCUT2D eigenvalue weighted by atomic mass is 16.5. The van der Waals surface area contributed by atoms with Gasteiger partial charge in [0.25, 0.3) is 5.91 Å². The van der Waals surface area contributed by atoms with Crippen molar-refractivity contribution in [2.75, 3.05) is 31.6 Å². The van der Waals surface area contributed by atoms with E-state index < -0.39 is 0 Å². The minimum Gasteiger partial charge on any atom is -0.385 e. The molecule has 0 bridgehead atoms. The Kier molecular flexibility index (Phi) is 5.21. The summed E-state index contributed by atoms with van der Waals surface area (Å²) in [6.07, 6.45) is 2.13. The predicted octanol–water partition coefficient (Wildman–Crippen LogP) is 2.27. The van der Waals surface area contributed by atoms with Gasteiger partial charge in [-0.15, -0.1) is 0 Å². The minimum atomic E-state index is -0.00561. The number of carbonyl (C=O) groups excluding carboxylic acids is 1. The molecule has 0 aliphatic carbocycles. The molecule has 1 heterocycles. The van der Waals surface area contributed by atoms with Crippen LogP contribution in [-0.4, -0.2) is 32.2 Å². The van der Waals surface area contributed by atoms with Crippen LogP contribution in [0.2, 0.25) is 0 Å². The zero-order valence-electron chi connectivity index (χ0n) is 11.4. The fourth-order valence-electron chi connectivity index (χ4n) is 2.09.